The van der Waals surface area contributed by atoms with Crippen LogP contribution in [0.1, 0.15) is 0 Å². The average Bonchev–Trinajstić information content (AvgIpc) is 2.72. The van der Waals surface area contributed by atoms with E-state index in [-0.39, 0.29) is 17.5 Å². The molecule has 0 aromatic carbocycles. The molecule has 0 radical (unpaired) electrons. The van der Waals surface area contributed by atoms with Crippen molar-refractivity contribution >= 4 is 11.5 Å². The minimum atomic E-state index is 0.0243. The standard InChI is InChI=1S/C8H4N7/c1-10-6-5-13-15(7(6)14-9)8-11-3-2-4-12-8/h2-5H/q+1. The largest absolute Gasteiger partial charge is 0.463 e. The number of hydrogen-bond donors (Lipinski definition) is 0. The highest BCUT2D eigenvalue weighted by Crippen LogP contribution is 2.28. The fourth-order valence-electron chi connectivity index (χ4n) is 1.05. The molecule has 7 heteroatoms. The van der Waals surface area contributed by atoms with Gasteiger partial charge < -0.3 is 0 Å². The minimum absolute atomic E-state index is 0.0243. The zero-order chi connectivity index (χ0) is 10.7. The van der Waals surface area contributed by atoms with Crippen LogP contribution in [0.3, 0.4) is 0 Å². The molecular formula is C8H4N7+. The van der Waals surface area contributed by atoms with Gasteiger partial charge in [-0.3, -0.25) is 0 Å². The molecule has 0 saturated carbocycles. The Kier molecular flexibility index (Phi) is 2.06. The Morgan fingerprint density at radius 1 is 1.33 bits per heavy atom. The lowest BCUT2D eigenvalue weighted by molar-refractivity contribution is 0.819. The summed E-state index contributed by atoms with van der Waals surface area (Å²) in [4.78, 5) is 14.0. The topological polar surface area (TPSA) is 76.1 Å². The Hall–Kier alpha value is -2.80. The predicted molar refractivity (Wildman–Crippen MR) is 50.2 cm³/mol. The molecule has 0 aliphatic heterocycles. The van der Waals surface area contributed by atoms with Gasteiger partial charge in [0.1, 0.15) is 0 Å². The molecule has 7 nitrogen and oxygen atoms in total. The number of nitrogens with zero attached hydrogens (tertiary/aromatic N) is 7. The lowest BCUT2D eigenvalue weighted by Crippen LogP contribution is -2.00. The van der Waals surface area contributed by atoms with Crippen LogP contribution in [0, 0.1) is 12.0 Å². The van der Waals surface area contributed by atoms with Gasteiger partial charge in [0.05, 0.1) is 18.2 Å². The van der Waals surface area contributed by atoms with Crippen LogP contribution in [-0.2, 0) is 0 Å². The van der Waals surface area contributed by atoms with E-state index in [1.54, 1.807) is 6.07 Å². The van der Waals surface area contributed by atoms with E-state index in [1.165, 1.54) is 23.3 Å². The molecule has 0 amide bonds. The van der Waals surface area contributed by atoms with Gasteiger partial charge in [-0.1, -0.05) is 9.78 Å². The van der Waals surface area contributed by atoms with Crippen LogP contribution in [0.5, 0.6) is 0 Å². The van der Waals surface area contributed by atoms with Crippen LogP contribution in [0.25, 0.3) is 15.8 Å². The van der Waals surface area contributed by atoms with Crippen LogP contribution in [0.4, 0.5) is 11.5 Å². The highest BCUT2D eigenvalue weighted by molar-refractivity contribution is 5.66. The van der Waals surface area contributed by atoms with Gasteiger partial charge in [0.2, 0.25) is 0 Å². The molecule has 70 valence electrons. The van der Waals surface area contributed by atoms with Gasteiger partial charge in [-0.05, 0) is 6.07 Å². The van der Waals surface area contributed by atoms with E-state index in [2.05, 4.69) is 24.9 Å². The molecular weight excluding hydrogens is 194 g/mol. The van der Waals surface area contributed by atoms with Gasteiger partial charge in [0.15, 0.2) is 0 Å². The molecule has 0 fully saturated rings. The van der Waals surface area contributed by atoms with Gasteiger partial charge in [0, 0.05) is 17.4 Å². The molecule has 2 heterocycles. The highest BCUT2D eigenvalue weighted by Gasteiger charge is 2.25. The Labute approximate surface area is 84.5 Å². The van der Waals surface area contributed by atoms with Crippen molar-refractivity contribution in [3.63, 3.8) is 0 Å². The van der Waals surface area contributed by atoms with Gasteiger partial charge >= 0.3 is 17.5 Å². The van der Waals surface area contributed by atoms with Crippen LogP contribution in [0.2, 0.25) is 0 Å². The third-order valence-electron chi connectivity index (χ3n) is 1.68. The molecule has 0 N–H and O–H groups in total. The summed E-state index contributed by atoms with van der Waals surface area (Å²) in [7, 11) is 0. The molecule has 2 aromatic rings. The molecule has 0 aliphatic rings. The van der Waals surface area contributed by atoms with Gasteiger partial charge in [-0.15, -0.1) is 0 Å². The maximum Gasteiger partial charge on any atom is 0.463 e. The molecule has 15 heavy (non-hydrogen) atoms. The SMILES string of the molecule is [C-]#[N+]c1cnn(-c2ncccn2)c1[N+]#N. The van der Waals surface area contributed by atoms with Crippen LogP contribution in [-0.4, -0.2) is 19.7 Å². The summed E-state index contributed by atoms with van der Waals surface area (Å²) in [5.74, 6) is 0.274. The second kappa shape index (κ2) is 3.52. The van der Waals surface area contributed by atoms with Gasteiger partial charge in [-0.25, -0.2) is 4.85 Å². The number of rotatable bonds is 1. The zero-order valence-corrected chi connectivity index (χ0v) is 7.44. The summed E-state index contributed by atoms with van der Waals surface area (Å²) in [6.07, 6.45) is 4.35. The van der Waals surface area contributed by atoms with E-state index in [0.717, 1.165) is 0 Å². The Bertz CT molecular complexity index is 557. The smallest absolute Gasteiger partial charge is 0.226 e. The van der Waals surface area contributed by atoms with Crippen molar-refractivity contribution in [2.75, 3.05) is 0 Å². The summed E-state index contributed by atoms with van der Waals surface area (Å²) in [5.41, 5.74) is 0.143. The summed E-state index contributed by atoms with van der Waals surface area (Å²) in [6, 6.07) is 1.65. The Morgan fingerprint density at radius 3 is 2.67 bits per heavy atom. The minimum Gasteiger partial charge on any atom is -0.226 e. The summed E-state index contributed by atoms with van der Waals surface area (Å²) >= 11 is 0. The van der Waals surface area contributed by atoms with Gasteiger partial charge in [-0.2, -0.15) is 9.97 Å². The molecule has 2 aromatic heterocycles. The average molecular weight is 198 g/mol. The van der Waals surface area contributed by atoms with Crippen molar-refractivity contribution in [1.82, 2.24) is 19.7 Å². The predicted octanol–water partition coefficient (Wildman–Crippen LogP) is 1.70. The Balaban J connectivity index is 2.62. The van der Waals surface area contributed by atoms with Crippen molar-refractivity contribution in [3.05, 3.63) is 41.1 Å². The molecule has 0 saturated heterocycles. The molecule has 0 bridgehead atoms. The molecule has 0 unspecified atom stereocenters. The first-order valence-corrected chi connectivity index (χ1v) is 3.95. The molecule has 0 aliphatic carbocycles. The monoisotopic (exact) mass is 198 g/mol. The number of diazo groups is 1. The van der Waals surface area contributed by atoms with E-state index in [9.17, 15) is 0 Å². The van der Waals surface area contributed by atoms with E-state index in [1.807, 2.05) is 0 Å². The van der Waals surface area contributed by atoms with Crippen molar-refractivity contribution in [2.24, 2.45) is 0 Å². The first-order chi connectivity index (χ1) is 7.36. The lowest BCUT2D eigenvalue weighted by atomic mass is 10.5. The van der Waals surface area contributed by atoms with Crippen molar-refractivity contribution in [2.45, 2.75) is 0 Å². The lowest BCUT2D eigenvalue weighted by Gasteiger charge is -1.88. The summed E-state index contributed by atoms with van der Waals surface area (Å²) in [6.45, 7) is 6.82. The van der Waals surface area contributed by atoms with Crippen LogP contribution in [0.15, 0.2) is 24.7 Å². The van der Waals surface area contributed by atoms with E-state index < -0.39 is 0 Å². The third kappa shape index (κ3) is 1.38. The first-order valence-electron chi connectivity index (χ1n) is 3.95. The van der Waals surface area contributed by atoms with Crippen molar-refractivity contribution in [1.29, 1.82) is 5.39 Å². The van der Waals surface area contributed by atoms with Gasteiger partial charge in [0.25, 0.3) is 0 Å². The van der Waals surface area contributed by atoms with Crippen LogP contribution < -0.4 is 0 Å². The maximum atomic E-state index is 8.75. The second-order valence-corrected chi connectivity index (χ2v) is 2.53. The normalized spacial score (nSPS) is 9.20. The highest BCUT2D eigenvalue weighted by atomic mass is 15.4. The quantitative estimate of drug-likeness (QED) is 0.516. The fourth-order valence-corrected chi connectivity index (χ4v) is 1.05. The number of aromatic nitrogens is 4. The number of hydrogen-bond acceptors (Lipinski definition) is 4. The summed E-state index contributed by atoms with van der Waals surface area (Å²) in [5, 5.41) is 12.6. The third-order valence-corrected chi connectivity index (χ3v) is 1.68. The summed E-state index contributed by atoms with van der Waals surface area (Å²) < 4.78 is 1.19. The van der Waals surface area contributed by atoms with E-state index in [4.69, 9.17) is 12.0 Å². The van der Waals surface area contributed by atoms with E-state index >= 15 is 0 Å². The zero-order valence-electron chi connectivity index (χ0n) is 7.44. The van der Waals surface area contributed by atoms with Crippen molar-refractivity contribution in [3.8, 4) is 5.95 Å². The molecule has 0 spiro atoms. The second-order valence-electron chi connectivity index (χ2n) is 2.53. The molecule has 0 atom stereocenters. The molecule has 2 rings (SSSR count). The fraction of sp³-hybridized carbons (Fsp3) is 0. The van der Waals surface area contributed by atoms with Crippen molar-refractivity contribution < 1.29 is 0 Å². The van der Waals surface area contributed by atoms with Crippen LogP contribution >= 0.6 is 0 Å². The Morgan fingerprint density at radius 2 is 2.07 bits per heavy atom. The maximum absolute atomic E-state index is 8.75. The van der Waals surface area contributed by atoms with E-state index in [0.29, 0.717) is 0 Å². The first kappa shape index (κ1) is 8.78.